The van der Waals surface area contributed by atoms with Gasteiger partial charge < -0.3 is 14.8 Å². The molecule has 0 unspecified atom stereocenters. The molecule has 0 bridgehead atoms. The van der Waals surface area contributed by atoms with Gasteiger partial charge in [0.1, 0.15) is 5.75 Å². The maximum Gasteiger partial charge on any atom is 0.331 e. The Bertz CT molecular complexity index is 681. The predicted molar refractivity (Wildman–Crippen MR) is 87.8 cm³/mol. The molecule has 0 fully saturated rings. The van der Waals surface area contributed by atoms with Gasteiger partial charge in [-0.25, -0.2) is 4.79 Å². The summed E-state index contributed by atoms with van der Waals surface area (Å²) in [6.07, 6.45) is 4.94. The molecule has 1 rings (SSSR count). The topological polar surface area (TPSA) is 108 Å². The van der Waals surface area contributed by atoms with Gasteiger partial charge in [0.25, 0.3) is 11.6 Å². The summed E-state index contributed by atoms with van der Waals surface area (Å²) >= 11 is 0. The second kappa shape index (κ2) is 9.09. The van der Waals surface area contributed by atoms with Crippen molar-refractivity contribution >= 4 is 23.3 Å². The molecule has 1 aromatic rings. The lowest BCUT2D eigenvalue weighted by molar-refractivity contribution is -0.384. The monoisotopic (exact) mass is 334 g/mol. The molecule has 0 aliphatic carbocycles. The fourth-order valence-corrected chi connectivity index (χ4v) is 1.65. The SMILES string of the molecule is C/C=C/C=C/C(=O)O[C@@H](C)C(=O)Nc1cc([N+](=O)[O-])ccc1OC. The molecule has 0 heterocycles. The first-order valence-corrected chi connectivity index (χ1v) is 7.02. The number of nitrogens with one attached hydrogen (secondary N) is 1. The van der Waals surface area contributed by atoms with Crippen LogP contribution in [-0.2, 0) is 14.3 Å². The number of nitro benzene ring substituents is 1. The Labute approximate surface area is 138 Å². The molecule has 0 aliphatic rings. The molecule has 0 aromatic heterocycles. The van der Waals surface area contributed by atoms with E-state index in [1.807, 2.05) is 0 Å². The number of carbonyl (C=O) groups excluding carboxylic acids is 2. The van der Waals surface area contributed by atoms with E-state index in [9.17, 15) is 19.7 Å². The van der Waals surface area contributed by atoms with Crippen molar-refractivity contribution in [2.75, 3.05) is 12.4 Å². The van der Waals surface area contributed by atoms with Gasteiger partial charge in [0.15, 0.2) is 6.10 Å². The Balaban J connectivity index is 2.81. The Morgan fingerprint density at radius 3 is 2.62 bits per heavy atom. The molecule has 0 radical (unpaired) electrons. The minimum atomic E-state index is -1.09. The highest BCUT2D eigenvalue weighted by molar-refractivity contribution is 5.97. The molecule has 0 spiro atoms. The van der Waals surface area contributed by atoms with Crippen LogP contribution in [0.4, 0.5) is 11.4 Å². The van der Waals surface area contributed by atoms with Crippen molar-refractivity contribution in [2.24, 2.45) is 0 Å². The van der Waals surface area contributed by atoms with Crippen molar-refractivity contribution in [1.29, 1.82) is 0 Å². The number of nitro groups is 1. The zero-order chi connectivity index (χ0) is 18.1. The first-order chi connectivity index (χ1) is 11.4. The van der Waals surface area contributed by atoms with Crippen LogP contribution < -0.4 is 10.1 Å². The number of nitrogens with zero attached hydrogens (tertiary/aromatic N) is 1. The number of esters is 1. The zero-order valence-corrected chi connectivity index (χ0v) is 13.5. The number of hydrogen-bond acceptors (Lipinski definition) is 6. The van der Waals surface area contributed by atoms with E-state index in [4.69, 9.17) is 9.47 Å². The molecule has 24 heavy (non-hydrogen) atoms. The van der Waals surface area contributed by atoms with Gasteiger partial charge in [0.2, 0.25) is 0 Å². The van der Waals surface area contributed by atoms with E-state index in [1.165, 1.54) is 38.3 Å². The third-order valence-electron chi connectivity index (χ3n) is 2.85. The van der Waals surface area contributed by atoms with Crippen LogP contribution in [0.1, 0.15) is 13.8 Å². The number of methoxy groups -OCH3 is 1. The second-order valence-electron chi connectivity index (χ2n) is 4.59. The summed E-state index contributed by atoms with van der Waals surface area (Å²) < 4.78 is 9.98. The van der Waals surface area contributed by atoms with Crippen LogP contribution in [0.3, 0.4) is 0 Å². The van der Waals surface area contributed by atoms with Gasteiger partial charge >= 0.3 is 5.97 Å². The Morgan fingerprint density at radius 1 is 1.33 bits per heavy atom. The molecule has 128 valence electrons. The van der Waals surface area contributed by atoms with Crippen molar-refractivity contribution in [1.82, 2.24) is 0 Å². The summed E-state index contributed by atoms with van der Waals surface area (Å²) in [5.74, 6) is -1.07. The van der Waals surface area contributed by atoms with Crippen LogP contribution in [0.15, 0.2) is 42.5 Å². The van der Waals surface area contributed by atoms with Crippen LogP contribution in [0.5, 0.6) is 5.75 Å². The number of anilines is 1. The smallest absolute Gasteiger partial charge is 0.331 e. The van der Waals surface area contributed by atoms with Crippen molar-refractivity contribution in [2.45, 2.75) is 20.0 Å². The minimum absolute atomic E-state index is 0.115. The standard InChI is InChI=1S/C16H18N2O6/c1-4-5-6-7-15(19)24-11(2)16(20)17-13-10-12(18(21)22)8-9-14(13)23-3/h4-11H,1-3H3,(H,17,20)/b5-4+,7-6+/t11-/m0/s1. The molecule has 1 atom stereocenters. The van der Waals surface area contributed by atoms with E-state index in [-0.39, 0.29) is 17.1 Å². The number of hydrogen-bond donors (Lipinski definition) is 1. The predicted octanol–water partition coefficient (Wildman–Crippen LogP) is 2.61. The fourth-order valence-electron chi connectivity index (χ4n) is 1.65. The third-order valence-corrected chi connectivity index (χ3v) is 2.85. The molecule has 0 saturated carbocycles. The number of non-ortho nitro benzene ring substituents is 1. The molecular formula is C16H18N2O6. The lowest BCUT2D eigenvalue weighted by Gasteiger charge is -2.14. The first-order valence-electron chi connectivity index (χ1n) is 7.02. The molecule has 1 aromatic carbocycles. The first kappa shape index (κ1) is 18.9. The summed E-state index contributed by atoms with van der Waals surface area (Å²) in [5, 5.41) is 13.3. The molecule has 8 nitrogen and oxygen atoms in total. The van der Waals surface area contributed by atoms with Crippen LogP contribution in [0, 0.1) is 10.1 Å². The average Bonchev–Trinajstić information content (AvgIpc) is 2.54. The minimum Gasteiger partial charge on any atom is -0.495 e. The van der Waals surface area contributed by atoms with Crippen LogP contribution >= 0.6 is 0 Å². The second-order valence-corrected chi connectivity index (χ2v) is 4.59. The summed E-state index contributed by atoms with van der Waals surface area (Å²) in [6.45, 7) is 3.18. The summed E-state index contributed by atoms with van der Waals surface area (Å²) in [5.41, 5.74) is -0.0888. The van der Waals surface area contributed by atoms with E-state index in [2.05, 4.69) is 5.32 Å². The summed E-state index contributed by atoms with van der Waals surface area (Å²) in [6, 6.07) is 3.78. The van der Waals surface area contributed by atoms with Crippen molar-refractivity contribution in [3.8, 4) is 5.75 Å². The van der Waals surface area contributed by atoms with Crippen LogP contribution in [0.2, 0.25) is 0 Å². The normalized spacial score (nSPS) is 12.1. The highest BCUT2D eigenvalue weighted by Crippen LogP contribution is 2.29. The number of carbonyl (C=O) groups is 2. The van der Waals surface area contributed by atoms with Gasteiger partial charge in [-0.05, 0) is 19.9 Å². The highest BCUT2D eigenvalue weighted by Gasteiger charge is 2.20. The summed E-state index contributed by atoms with van der Waals surface area (Å²) in [4.78, 5) is 33.8. The lowest BCUT2D eigenvalue weighted by atomic mass is 10.2. The molecule has 0 aliphatic heterocycles. The zero-order valence-electron chi connectivity index (χ0n) is 13.5. The number of benzene rings is 1. The maximum atomic E-state index is 12.1. The molecule has 8 heteroatoms. The van der Waals surface area contributed by atoms with E-state index in [0.29, 0.717) is 0 Å². The highest BCUT2D eigenvalue weighted by atomic mass is 16.6. The average molecular weight is 334 g/mol. The van der Waals surface area contributed by atoms with Crippen molar-refractivity contribution in [3.05, 3.63) is 52.6 Å². The van der Waals surface area contributed by atoms with Crippen LogP contribution in [-0.4, -0.2) is 30.0 Å². The molecule has 0 saturated heterocycles. The molecular weight excluding hydrogens is 316 g/mol. The van der Waals surface area contributed by atoms with Crippen molar-refractivity contribution in [3.63, 3.8) is 0 Å². The van der Waals surface area contributed by atoms with Gasteiger partial charge in [-0.2, -0.15) is 0 Å². The number of amides is 1. The third kappa shape index (κ3) is 5.56. The van der Waals surface area contributed by atoms with Gasteiger partial charge in [0.05, 0.1) is 17.7 Å². The van der Waals surface area contributed by atoms with E-state index >= 15 is 0 Å². The van der Waals surface area contributed by atoms with E-state index in [0.717, 1.165) is 6.07 Å². The number of ether oxygens (including phenoxy) is 2. The van der Waals surface area contributed by atoms with Gasteiger partial charge in [-0.15, -0.1) is 0 Å². The van der Waals surface area contributed by atoms with Crippen LogP contribution in [0.25, 0.3) is 0 Å². The lowest BCUT2D eigenvalue weighted by Crippen LogP contribution is -2.29. The maximum absolute atomic E-state index is 12.1. The number of rotatable bonds is 7. The van der Waals surface area contributed by atoms with E-state index < -0.39 is 22.9 Å². The van der Waals surface area contributed by atoms with Gasteiger partial charge in [0, 0.05) is 18.2 Å². The van der Waals surface area contributed by atoms with Gasteiger partial charge in [-0.1, -0.05) is 18.2 Å². The van der Waals surface area contributed by atoms with Crippen molar-refractivity contribution < 1.29 is 24.0 Å². The Morgan fingerprint density at radius 2 is 2.04 bits per heavy atom. The summed E-state index contributed by atoms with van der Waals surface area (Å²) in [7, 11) is 1.37. The molecule has 1 N–H and O–H groups in total. The molecule has 1 amide bonds. The Hall–Kier alpha value is -3.16. The Kier molecular flexibility index (Phi) is 7.15. The van der Waals surface area contributed by atoms with Gasteiger partial charge in [-0.3, -0.25) is 14.9 Å². The fraction of sp³-hybridized carbons (Fsp3) is 0.250. The number of allylic oxidation sites excluding steroid dienone is 3. The quantitative estimate of drug-likeness (QED) is 0.270. The largest absolute Gasteiger partial charge is 0.495 e. The van der Waals surface area contributed by atoms with E-state index in [1.54, 1.807) is 19.1 Å².